The van der Waals surface area contributed by atoms with Crippen molar-refractivity contribution in [3.05, 3.63) is 17.5 Å². The highest BCUT2D eigenvalue weighted by atomic mass is 35.5. The van der Waals surface area contributed by atoms with Gasteiger partial charge in [-0.15, -0.1) is 0 Å². The van der Waals surface area contributed by atoms with Crippen LogP contribution in [0.2, 0.25) is 5.28 Å². The molecule has 1 aromatic rings. The van der Waals surface area contributed by atoms with Crippen molar-refractivity contribution in [1.29, 1.82) is 0 Å². The minimum absolute atomic E-state index is 0.335. The Bertz CT molecular complexity index is 409. The molecule has 92 valence electrons. The largest absolute Gasteiger partial charge is 0.359 e. The first kappa shape index (κ1) is 11.3. The number of aromatic nitrogens is 2. The first-order valence-corrected chi connectivity index (χ1v) is 6.80. The summed E-state index contributed by atoms with van der Waals surface area (Å²) in [7, 11) is 2.10. The molecule has 4 heteroatoms. The van der Waals surface area contributed by atoms with Crippen molar-refractivity contribution in [2.45, 2.75) is 25.7 Å². The van der Waals surface area contributed by atoms with Crippen LogP contribution < -0.4 is 4.90 Å². The average molecular weight is 252 g/mol. The summed E-state index contributed by atoms with van der Waals surface area (Å²) in [5, 5.41) is 0.335. The summed E-state index contributed by atoms with van der Waals surface area (Å²) in [6.45, 7) is 1.11. The lowest BCUT2D eigenvalue weighted by Crippen LogP contribution is -2.29. The monoisotopic (exact) mass is 251 g/mol. The molecule has 0 radical (unpaired) electrons. The quantitative estimate of drug-likeness (QED) is 0.774. The first-order valence-electron chi connectivity index (χ1n) is 6.42. The zero-order chi connectivity index (χ0) is 11.8. The molecule has 0 saturated heterocycles. The fraction of sp³-hybridized carbons (Fsp3) is 0.692. The van der Waals surface area contributed by atoms with Gasteiger partial charge in [0.2, 0.25) is 5.28 Å². The lowest BCUT2D eigenvalue weighted by atomic mass is 9.88. The van der Waals surface area contributed by atoms with Gasteiger partial charge in [-0.25, -0.2) is 9.97 Å². The molecule has 17 heavy (non-hydrogen) atoms. The van der Waals surface area contributed by atoms with Gasteiger partial charge in [0, 0.05) is 19.8 Å². The predicted molar refractivity (Wildman–Crippen MR) is 69.3 cm³/mol. The summed E-state index contributed by atoms with van der Waals surface area (Å²) < 4.78 is 0. The minimum atomic E-state index is 0.335. The molecule has 0 amide bonds. The van der Waals surface area contributed by atoms with E-state index in [0.29, 0.717) is 5.28 Å². The zero-order valence-electron chi connectivity index (χ0n) is 10.1. The van der Waals surface area contributed by atoms with Gasteiger partial charge in [0.1, 0.15) is 5.82 Å². The van der Waals surface area contributed by atoms with Crippen molar-refractivity contribution >= 4 is 17.4 Å². The lowest BCUT2D eigenvalue weighted by molar-refractivity contribution is 0.337. The van der Waals surface area contributed by atoms with Crippen molar-refractivity contribution in [1.82, 2.24) is 9.97 Å². The smallest absolute Gasteiger partial charge is 0.224 e. The van der Waals surface area contributed by atoms with Crippen LogP contribution in [0.5, 0.6) is 0 Å². The SMILES string of the molecule is CN(CC1CC2CCC1C2)c1ccnc(Cl)n1. The molecule has 2 aliphatic rings. The number of rotatable bonds is 3. The van der Waals surface area contributed by atoms with Crippen LogP contribution in [-0.4, -0.2) is 23.6 Å². The number of halogens is 1. The van der Waals surface area contributed by atoms with Crippen LogP contribution in [0.15, 0.2) is 12.3 Å². The minimum Gasteiger partial charge on any atom is -0.359 e. The van der Waals surface area contributed by atoms with Crippen LogP contribution in [0.25, 0.3) is 0 Å². The molecule has 3 atom stereocenters. The van der Waals surface area contributed by atoms with Crippen LogP contribution in [0.1, 0.15) is 25.7 Å². The fourth-order valence-electron chi connectivity index (χ4n) is 3.58. The van der Waals surface area contributed by atoms with E-state index in [0.717, 1.165) is 30.1 Å². The molecule has 2 fully saturated rings. The van der Waals surface area contributed by atoms with E-state index in [1.807, 2.05) is 6.07 Å². The summed E-state index contributed by atoms with van der Waals surface area (Å²) in [5.74, 6) is 3.76. The van der Waals surface area contributed by atoms with Gasteiger partial charge in [-0.3, -0.25) is 0 Å². The van der Waals surface area contributed by atoms with Crippen molar-refractivity contribution in [2.75, 3.05) is 18.5 Å². The van der Waals surface area contributed by atoms with Gasteiger partial charge in [-0.05, 0) is 54.7 Å². The summed E-state index contributed by atoms with van der Waals surface area (Å²) >= 11 is 5.82. The molecule has 1 heterocycles. The molecule has 0 spiro atoms. The molecule has 2 bridgehead atoms. The molecular formula is C13H18ClN3. The highest BCUT2D eigenvalue weighted by Crippen LogP contribution is 2.48. The summed E-state index contributed by atoms with van der Waals surface area (Å²) in [6.07, 6.45) is 7.50. The van der Waals surface area contributed by atoms with Crippen LogP contribution >= 0.6 is 11.6 Å². The second-order valence-electron chi connectivity index (χ2n) is 5.50. The molecule has 0 aliphatic heterocycles. The zero-order valence-corrected chi connectivity index (χ0v) is 10.9. The molecule has 3 unspecified atom stereocenters. The van der Waals surface area contributed by atoms with E-state index in [1.54, 1.807) is 6.20 Å². The van der Waals surface area contributed by atoms with Crippen LogP contribution in [0.4, 0.5) is 5.82 Å². The Kier molecular flexibility index (Phi) is 2.95. The van der Waals surface area contributed by atoms with Gasteiger partial charge in [0.05, 0.1) is 0 Å². The van der Waals surface area contributed by atoms with Gasteiger partial charge >= 0.3 is 0 Å². The van der Waals surface area contributed by atoms with Gasteiger partial charge < -0.3 is 4.90 Å². The highest BCUT2D eigenvalue weighted by molar-refractivity contribution is 6.28. The lowest BCUT2D eigenvalue weighted by Gasteiger charge is -2.27. The van der Waals surface area contributed by atoms with E-state index in [-0.39, 0.29) is 0 Å². The van der Waals surface area contributed by atoms with Crippen molar-refractivity contribution < 1.29 is 0 Å². The topological polar surface area (TPSA) is 29.0 Å². The van der Waals surface area contributed by atoms with E-state index in [2.05, 4.69) is 21.9 Å². The molecule has 0 aromatic carbocycles. The second kappa shape index (κ2) is 4.45. The van der Waals surface area contributed by atoms with Crippen molar-refractivity contribution in [3.63, 3.8) is 0 Å². The van der Waals surface area contributed by atoms with E-state index in [4.69, 9.17) is 11.6 Å². The Morgan fingerprint density at radius 3 is 2.94 bits per heavy atom. The molecule has 3 nitrogen and oxygen atoms in total. The van der Waals surface area contributed by atoms with Crippen molar-refractivity contribution in [3.8, 4) is 0 Å². The van der Waals surface area contributed by atoms with Crippen molar-refractivity contribution in [2.24, 2.45) is 17.8 Å². The molecule has 1 aromatic heterocycles. The normalized spacial score (nSPS) is 30.8. The number of nitrogens with zero attached hydrogens (tertiary/aromatic N) is 3. The third kappa shape index (κ3) is 2.25. The first-order chi connectivity index (χ1) is 8.22. The van der Waals surface area contributed by atoms with Gasteiger partial charge in [0.25, 0.3) is 0 Å². The number of hydrogen-bond acceptors (Lipinski definition) is 3. The summed E-state index contributed by atoms with van der Waals surface area (Å²) in [4.78, 5) is 10.4. The average Bonchev–Trinajstić information content (AvgIpc) is 2.91. The maximum Gasteiger partial charge on any atom is 0.224 e. The summed E-state index contributed by atoms with van der Waals surface area (Å²) in [6, 6.07) is 1.93. The van der Waals surface area contributed by atoms with Crippen LogP contribution in [0, 0.1) is 17.8 Å². The van der Waals surface area contributed by atoms with E-state index in [9.17, 15) is 0 Å². The highest BCUT2D eigenvalue weighted by Gasteiger charge is 2.39. The Balaban J connectivity index is 1.65. The number of anilines is 1. The molecule has 0 N–H and O–H groups in total. The van der Waals surface area contributed by atoms with E-state index < -0.39 is 0 Å². The maximum atomic E-state index is 5.82. The summed E-state index contributed by atoms with van der Waals surface area (Å²) in [5.41, 5.74) is 0. The predicted octanol–water partition coefficient (Wildman–Crippen LogP) is 3.00. The third-order valence-corrected chi connectivity index (χ3v) is 4.58. The third-order valence-electron chi connectivity index (χ3n) is 4.40. The molecular weight excluding hydrogens is 234 g/mol. The van der Waals surface area contributed by atoms with E-state index >= 15 is 0 Å². The number of hydrogen-bond donors (Lipinski definition) is 0. The van der Waals surface area contributed by atoms with Crippen LogP contribution in [-0.2, 0) is 0 Å². The Labute approximate surface area is 107 Å². The van der Waals surface area contributed by atoms with Gasteiger partial charge in [0.15, 0.2) is 0 Å². The second-order valence-corrected chi connectivity index (χ2v) is 5.84. The molecule has 2 aliphatic carbocycles. The molecule has 3 rings (SSSR count). The van der Waals surface area contributed by atoms with Gasteiger partial charge in [-0.1, -0.05) is 6.42 Å². The standard InChI is InChI=1S/C13H18ClN3/c1-17(12-4-5-15-13(14)16-12)8-11-7-9-2-3-10(11)6-9/h4-5,9-11H,2-3,6-8H2,1H3. The Hall–Kier alpha value is -0.830. The van der Waals surface area contributed by atoms with E-state index in [1.165, 1.54) is 25.7 Å². The maximum absolute atomic E-state index is 5.82. The Morgan fingerprint density at radius 2 is 2.29 bits per heavy atom. The molecule has 2 saturated carbocycles. The van der Waals surface area contributed by atoms with Gasteiger partial charge in [-0.2, -0.15) is 0 Å². The number of fused-ring (bicyclic) bond motifs is 2. The Morgan fingerprint density at radius 1 is 1.41 bits per heavy atom. The fourth-order valence-corrected chi connectivity index (χ4v) is 3.73. The van der Waals surface area contributed by atoms with Crippen LogP contribution in [0.3, 0.4) is 0 Å².